The molecule has 2 saturated heterocycles. The molecule has 20 heteroatoms. The van der Waals surface area contributed by atoms with Gasteiger partial charge in [0.25, 0.3) is 21.9 Å². The Morgan fingerprint density at radius 3 is 2.10 bits per heavy atom. The molecule has 4 rings (SSSR count). The van der Waals surface area contributed by atoms with Gasteiger partial charge in [-0.2, -0.15) is 8.42 Å². The summed E-state index contributed by atoms with van der Waals surface area (Å²) in [6.45, 7) is 9.60. The van der Waals surface area contributed by atoms with Crippen molar-refractivity contribution in [1.29, 1.82) is 0 Å². The van der Waals surface area contributed by atoms with Crippen LogP contribution >= 0.6 is 0 Å². The van der Waals surface area contributed by atoms with Crippen LogP contribution < -0.4 is 27.0 Å². The molecule has 0 aliphatic carbocycles. The summed E-state index contributed by atoms with van der Waals surface area (Å²) in [6.07, 6.45) is -3.12. The molecular weight excluding hydrogens is 803 g/mol. The SMILES string of the molecule is CC(C)(C)OC(=O)NCCCCC(NC(=O)C1C(S(=O)(=O)O)CN2CCC(Cc3ccccc3)(NC(=O)OC(C)(C)C)C(=O)N12)C(O)C(=O)NCc1ccc(C(N)=O)cc1. The number of carbonyl (C=O) groups is 6. The van der Waals surface area contributed by atoms with Gasteiger partial charge in [0.05, 0.1) is 6.04 Å². The van der Waals surface area contributed by atoms with Gasteiger partial charge in [-0.15, -0.1) is 0 Å². The van der Waals surface area contributed by atoms with Gasteiger partial charge in [-0.1, -0.05) is 42.5 Å². The summed E-state index contributed by atoms with van der Waals surface area (Å²) < 4.78 is 47.0. The largest absolute Gasteiger partial charge is 0.444 e. The number of unbranched alkanes of at least 4 members (excludes halogenated alkanes) is 1. The lowest BCUT2D eigenvalue weighted by atomic mass is 9.84. The van der Waals surface area contributed by atoms with E-state index < -0.39 is 92.7 Å². The lowest BCUT2D eigenvalue weighted by Crippen LogP contribution is -2.70. The van der Waals surface area contributed by atoms with Crippen molar-refractivity contribution in [3.8, 4) is 0 Å². The average molecular weight is 860 g/mol. The topological polar surface area (TPSA) is 276 Å². The number of aliphatic hydroxyl groups excluding tert-OH is 1. The summed E-state index contributed by atoms with van der Waals surface area (Å²) in [4.78, 5) is 79.5. The fourth-order valence-corrected chi connectivity index (χ4v) is 7.89. The summed E-state index contributed by atoms with van der Waals surface area (Å²) in [6, 6.07) is 11.5. The van der Waals surface area contributed by atoms with E-state index in [1.807, 2.05) is 0 Å². The summed E-state index contributed by atoms with van der Waals surface area (Å²) in [5.74, 6) is -3.51. The number of hydrogen-bond acceptors (Lipinski definition) is 12. The maximum absolute atomic E-state index is 14.8. The second-order valence-corrected chi connectivity index (χ2v) is 18.6. The average Bonchev–Trinajstić information content (AvgIpc) is 3.55. The second kappa shape index (κ2) is 19.4. The van der Waals surface area contributed by atoms with E-state index in [1.54, 1.807) is 84.0 Å². The van der Waals surface area contributed by atoms with E-state index in [4.69, 9.17) is 15.2 Å². The third-order valence-corrected chi connectivity index (χ3v) is 10.9. The number of rotatable bonds is 16. The molecule has 2 fully saturated rings. The van der Waals surface area contributed by atoms with Crippen LogP contribution in [0.4, 0.5) is 9.59 Å². The molecule has 0 spiro atoms. The lowest BCUT2D eigenvalue weighted by molar-refractivity contribution is -0.167. The van der Waals surface area contributed by atoms with Crippen LogP contribution in [0.25, 0.3) is 0 Å². The van der Waals surface area contributed by atoms with Crippen molar-refractivity contribution >= 4 is 45.9 Å². The zero-order valence-electron chi connectivity index (χ0n) is 34.7. The first kappa shape index (κ1) is 47.4. The van der Waals surface area contributed by atoms with Crippen molar-refractivity contribution in [3.63, 3.8) is 0 Å². The number of ether oxygens (including phenoxy) is 2. The van der Waals surface area contributed by atoms with Crippen molar-refractivity contribution < 1.29 is 56.3 Å². The van der Waals surface area contributed by atoms with Gasteiger partial charge in [-0.25, -0.2) is 14.6 Å². The highest BCUT2D eigenvalue weighted by atomic mass is 32.2. The number of hydrogen-bond donors (Lipinski definition) is 7. The van der Waals surface area contributed by atoms with E-state index in [0.29, 0.717) is 17.5 Å². The highest BCUT2D eigenvalue weighted by Gasteiger charge is 2.59. The van der Waals surface area contributed by atoms with Gasteiger partial charge in [-0.05, 0) is 90.5 Å². The van der Waals surface area contributed by atoms with Crippen LogP contribution in [0.1, 0.15) is 88.7 Å². The molecule has 2 aromatic rings. The number of alkyl carbamates (subject to hydrolysis) is 2. The van der Waals surface area contributed by atoms with Gasteiger partial charge in [0.2, 0.25) is 11.8 Å². The maximum Gasteiger partial charge on any atom is 0.408 e. The van der Waals surface area contributed by atoms with Crippen LogP contribution in [0.2, 0.25) is 0 Å². The minimum atomic E-state index is -5.02. The molecule has 8 N–H and O–H groups in total. The lowest BCUT2D eigenvalue weighted by Gasteiger charge is -2.46. The molecule has 2 aromatic carbocycles. The van der Waals surface area contributed by atoms with Crippen molar-refractivity contribution in [2.45, 2.75) is 120 Å². The highest BCUT2D eigenvalue weighted by molar-refractivity contribution is 7.86. The van der Waals surface area contributed by atoms with Gasteiger partial charge in [0, 0.05) is 38.2 Å². The van der Waals surface area contributed by atoms with Gasteiger partial charge >= 0.3 is 12.2 Å². The summed E-state index contributed by atoms with van der Waals surface area (Å²) in [5.41, 5.74) is 3.33. The smallest absolute Gasteiger partial charge is 0.408 e. The number of nitrogens with two attached hydrogens (primary N) is 1. The van der Waals surface area contributed by atoms with Crippen LogP contribution in [0.3, 0.4) is 0 Å². The third-order valence-electron chi connectivity index (χ3n) is 9.76. The van der Waals surface area contributed by atoms with E-state index in [0.717, 1.165) is 5.01 Å². The van der Waals surface area contributed by atoms with Crippen LogP contribution in [0.5, 0.6) is 0 Å². The predicted molar refractivity (Wildman–Crippen MR) is 217 cm³/mol. The Morgan fingerprint density at radius 1 is 0.900 bits per heavy atom. The molecule has 0 aromatic heterocycles. The molecule has 60 heavy (non-hydrogen) atoms. The number of benzene rings is 2. The molecule has 0 bridgehead atoms. The van der Waals surface area contributed by atoms with Gasteiger partial charge in [0.15, 0.2) is 6.10 Å². The Kier molecular flexibility index (Phi) is 15.3. The van der Waals surface area contributed by atoms with Crippen molar-refractivity contribution in [2.75, 3.05) is 19.6 Å². The molecule has 330 valence electrons. The molecule has 2 aliphatic rings. The number of fused-ring (bicyclic) bond motifs is 1. The standard InChI is InChI=1S/C40H57N7O12S/c1-38(2,3)58-36(53)42-20-11-10-14-28(31(48)34(51)43-23-26-15-17-27(18-16-26)32(41)49)44-33(50)30-29(60(55,56)57)24-46-21-19-40(35(52)47(30)46,22-25-12-8-7-9-13-25)45-37(54)59-39(4,5)6/h7-9,12-13,15-18,28-31,48H,10-11,14,19-24H2,1-6H3,(H2,41,49)(H,42,53)(H,43,51)(H,44,50)(H,45,54)(H,55,56,57). The molecular formula is C40H57N7O12S. The van der Waals surface area contributed by atoms with Gasteiger partial charge in [0.1, 0.15) is 28.0 Å². The van der Waals surface area contributed by atoms with Crippen molar-refractivity contribution in [1.82, 2.24) is 31.3 Å². The van der Waals surface area contributed by atoms with Crippen LogP contribution in [0.15, 0.2) is 54.6 Å². The number of aliphatic hydroxyl groups is 1. The minimum absolute atomic E-state index is 0.0207. The number of hydrazine groups is 1. The Morgan fingerprint density at radius 2 is 1.52 bits per heavy atom. The Hall–Kier alpha value is -5.31. The third kappa shape index (κ3) is 13.1. The molecule has 2 aliphatic heterocycles. The monoisotopic (exact) mass is 859 g/mol. The van der Waals surface area contributed by atoms with Crippen molar-refractivity contribution in [3.05, 3.63) is 71.3 Å². The van der Waals surface area contributed by atoms with Crippen LogP contribution in [-0.4, -0.2) is 124 Å². The first-order chi connectivity index (χ1) is 27.9. The summed E-state index contributed by atoms with van der Waals surface area (Å²) in [7, 11) is -5.02. The Balaban J connectivity index is 1.62. The highest BCUT2D eigenvalue weighted by Crippen LogP contribution is 2.35. The van der Waals surface area contributed by atoms with E-state index in [9.17, 15) is 46.8 Å². The first-order valence-electron chi connectivity index (χ1n) is 19.6. The molecule has 0 radical (unpaired) electrons. The number of primary amides is 1. The second-order valence-electron chi connectivity index (χ2n) is 16.9. The first-order valence-corrected chi connectivity index (χ1v) is 21.1. The molecule has 2 heterocycles. The van der Waals surface area contributed by atoms with E-state index >= 15 is 0 Å². The quantitative estimate of drug-likeness (QED) is 0.0934. The molecule has 6 amide bonds. The molecule has 0 saturated carbocycles. The Labute approximate surface area is 349 Å². The fraction of sp³-hybridized carbons (Fsp3) is 0.550. The summed E-state index contributed by atoms with van der Waals surface area (Å²) >= 11 is 0. The number of carbonyl (C=O) groups excluding carboxylic acids is 6. The zero-order chi connectivity index (χ0) is 44.6. The van der Waals surface area contributed by atoms with E-state index in [2.05, 4.69) is 21.3 Å². The van der Waals surface area contributed by atoms with Gasteiger partial charge in [-0.3, -0.25) is 28.7 Å². The zero-order valence-corrected chi connectivity index (χ0v) is 35.5. The summed E-state index contributed by atoms with van der Waals surface area (Å²) in [5, 5.41) is 22.2. The van der Waals surface area contributed by atoms with Crippen LogP contribution in [-0.2, 0) is 46.9 Å². The maximum atomic E-state index is 14.8. The van der Waals surface area contributed by atoms with Crippen molar-refractivity contribution in [2.24, 2.45) is 5.73 Å². The fourth-order valence-electron chi connectivity index (χ4n) is 6.97. The number of nitrogens with one attached hydrogen (secondary N) is 4. The van der Waals surface area contributed by atoms with E-state index in [-0.39, 0.29) is 50.9 Å². The minimum Gasteiger partial charge on any atom is -0.444 e. The molecule has 5 atom stereocenters. The predicted octanol–water partition coefficient (Wildman–Crippen LogP) is 1.54. The molecule has 5 unspecified atom stereocenters. The molecule has 19 nitrogen and oxygen atoms in total. The number of nitrogens with zero attached hydrogens (tertiary/aromatic N) is 2. The van der Waals surface area contributed by atoms with E-state index in [1.165, 1.54) is 17.1 Å². The van der Waals surface area contributed by atoms with Gasteiger partial charge < -0.3 is 41.6 Å². The Bertz CT molecular complexity index is 1990. The van der Waals surface area contributed by atoms with Crippen LogP contribution in [0, 0.1) is 0 Å². The number of amides is 6. The normalized spacial score (nSPS) is 20.6.